The molecule has 0 unspecified atom stereocenters. The molecule has 24 heavy (non-hydrogen) atoms. The van der Waals surface area contributed by atoms with Crippen molar-refractivity contribution < 1.29 is 19.0 Å². The molecule has 1 heterocycles. The predicted molar refractivity (Wildman–Crippen MR) is 90.4 cm³/mol. The van der Waals surface area contributed by atoms with Crippen LogP contribution in [0.1, 0.15) is 15.9 Å². The first-order chi connectivity index (χ1) is 11.7. The van der Waals surface area contributed by atoms with Gasteiger partial charge in [0, 0.05) is 32.6 Å². The standard InChI is InChI=1S/C18H22N2O4/c1-22-12-11-20(13-14-7-9-19-10-8-14)18(21)17-15(23-2)5-4-6-16(17)24-3/h4-10H,11-13H2,1-3H3. The van der Waals surface area contributed by atoms with Crippen LogP contribution in [0.25, 0.3) is 0 Å². The first kappa shape index (κ1) is 17.7. The number of carbonyl (C=O) groups is 1. The summed E-state index contributed by atoms with van der Waals surface area (Å²) in [5, 5.41) is 0. The number of benzene rings is 1. The Morgan fingerprint density at radius 2 is 1.67 bits per heavy atom. The number of hydrogen-bond acceptors (Lipinski definition) is 5. The van der Waals surface area contributed by atoms with Crippen molar-refractivity contribution in [2.75, 3.05) is 34.5 Å². The largest absolute Gasteiger partial charge is 0.496 e. The van der Waals surface area contributed by atoms with Crippen molar-refractivity contribution in [3.05, 3.63) is 53.9 Å². The van der Waals surface area contributed by atoms with Crippen LogP contribution in [0.15, 0.2) is 42.7 Å². The van der Waals surface area contributed by atoms with E-state index in [0.29, 0.717) is 36.8 Å². The highest BCUT2D eigenvalue weighted by Gasteiger charge is 2.23. The molecule has 2 aromatic rings. The molecule has 0 saturated carbocycles. The highest BCUT2D eigenvalue weighted by atomic mass is 16.5. The van der Waals surface area contributed by atoms with Gasteiger partial charge in [-0.3, -0.25) is 9.78 Å². The zero-order valence-corrected chi connectivity index (χ0v) is 14.2. The van der Waals surface area contributed by atoms with Crippen LogP contribution in [-0.2, 0) is 11.3 Å². The number of carbonyl (C=O) groups excluding carboxylic acids is 1. The number of pyridine rings is 1. The molecule has 1 aromatic heterocycles. The van der Waals surface area contributed by atoms with Gasteiger partial charge in [0.15, 0.2) is 0 Å². The zero-order valence-electron chi connectivity index (χ0n) is 14.2. The van der Waals surface area contributed by atoms with Gasteiger partial charge >= 0.3 is 0 Å². The molecule has 0 saturated heterocycles. The summed E-state index contributed by atoms with van der Waals surface area (Å²) < 4.78 is 15.8. The highest BCUT2D eigenvalue weighted by Crippen LogP contribution is 2.30. The molecule has 0 bridgehead atoms. The van der Waals surface area contributed by atoms with E-state index in [0.717, 1.165) is 5.56 Å². The van der Waals surface area contributed by atoms with Gasteiger partial charge in [-0.2, -0.15) is 0 Å². The summed E-state index contributed by atoms with van der Waals surface area (Å²) >= 11 is 0. The third-order valence-electron chi connectivity index (χ3n) is 3.62. The van der Waals surface area contributed by atoms with E-state index in [1.54, 1.807) is 42.6 Å². The van der Waals surface area contributed by atoms with Gasteiger partial charge in [-0.25, -0.2) is 0 Å². The predicted octanol–water partition coefficient (Wildman–Crippen LogP) is 2.39. The van der Waals surface area contributed by atoms with Crippen LogP contribution in [0.5, 0.6) is 11.5 Å². The number of nitrogens with zero attached hydrogens (tertiary/aromatic N) is 2. The Labute approximate surface area is 142 Å². The second kappa shape index (κ2) is 8.88. The Morgan fingerprint density at radius 1 is 1.04 bits per heavy atom. The number of amides is 1. The highest BCUT2D eigenvalue weighted by molar-refractivity contribution is 5.99. The molecular formula is C18H22N2O4. The van der Waals surface area contributed by atoms with Crippen molar-refractivity contribution in [2.24, 2.45) is 0 Å². The van der Waals surface area contributed by atoms with Gasteiger partial charge < -0.3 is 19.1 Å². The van der Waals surface area contributed by atoms with E-state index in [9.17, 15) is 4.79 Å². The maximum atomic E-state index is 13.1. The lowest BCUT2D eigenvalue weighted by atomic mass is 10.1. The Morgan fingerprint density at radius 3 is 2.21 bits per heavy atom. The van der Waals surface area contributed by atoms with Crippen LogP contribution < -0.4 is 9.47 Å². The molecule has 0 fully saturated rings. The average Bonchev–Trinajstić information content (AvgIpc) is 2.64. The van der Waals surface area contributed by atoms with Gasteiger partial charge in [-0.15, -0.1) is 0 Å². The first-order valence-corrected chi connectivity index (χ1v) is 7.59. The van der Waals surface area contributed by atoms with E-state index in [-0.39, 0.29) is 5.91 Å². The molecule has 1 amide bonds. The fraction of sp³-hybridized carbons (Fsp3) is 0.333. The summed E-state index contributed by atoms with van der Waals surface area (Å²) in [5.41, 5.74) is 1.40. The van der Waals surface area contributed by atoms with E-state index in [1.807, 2.05) is 12.1 Å². The Kier molecular flexibility index (Phi) is 6.57. The Hall–Kier alpha value is -2.60. The van der Waals surface area contributed by atoms with Gasteiger partial charge in [-0.1, -0.05) is 6.07 Å². The molecule has 0 atom stereocenters. The van der Waals surface area contributed by atoms with E-state index in [2.05, 4.69) is 4.98 Å². The lowest BCUT2D eigenvalue weighted by Gasteiger charge is -2.24. The molecule has 0 N–H and O–H groups in total. The number of aromatic nitrogens is 1. The van der Waals surface area contributed by atoms with Gasteiger partial charge in [0.05, 0.1) is 20.8 Å². The van der Waals surface area contributed by atoms with Crippen LogP contribution in [0.3, 0.4) is 0 Å². The average molecular weight is 330 g/mol. The normalized spacial score (nSPS) is 10.3. The number of hydrogen-bond donors (Lipinski definition) is 0. The molecule has 2 rings (SSSR count). The minimum Gasteiger partial charge on any atom is -0.496 e. The zero-order chi connectivity index (χ0) is 17.4. The fourth-order valence-electron chi connectivity index (χ4n) is 2.38. The number of rotatable bonds is 8. The minimum atomic E-state index is -0.168. The van der Waals surface area contributed by atoms with Gasteiger partial charge in [-0.05, 0) is 29.8 Å². The molecule has 6 heteroatoms. The number of methoxy groups -OCH3 is 3. The summed E-state index contributed by atoms with van der Waals surface area (Å²) in [6, 6.07) is 9.04. The molecule has 0 spiro atoms. The Bertz CT molecular complexity index is 639. The molecule has 0 aliphatic carbocycles. The Balaban J connectivity index is 2.34. The van der Waals surface area contributed by atoms with E-state index in [1.165, 1.54) is 14.2 Å². The van der Waals surface area contributed by atoms with Crippen molar-refractivity contribution in [2.45, 2.75) is 6.54 Å². The fourth-order valence-corrected chi connectivity index (χ4v) is 2.38. The van der Waals surface area contributed by atoms with E-state index in [4.69, 9.17) is 14.2 Å². The van der Waals surface area contributed by atoms with Crippen molar-refractivity contribution in [3.8, 4) is 11.5 Å². The maximum Gasteiger partial charge on any atom is 0.261 e. The number of ether oxygens (including phenoxy) is 3. The molecule has 0 aliphatic heterocycles. The van der Waals surface area contributed by atoms with Gasteiger partial charge in [0.25, 0.3) is 5.91 Å². The van der Waals surface area contributed by atoms with Crippen LogP contribution in [0.2, 0.25) is 0 Å². The first-order valence-electron chi connectivity index (χ1n) is 7.59. The monoisotopic (exact) mass is 330 g/mol. The lowest BCUT2D eigenvalue weighted by molar-refractivity contribution is 0.0673. The van der Waals surface area contributed by atoms with E-state index >= 15 is 0 Å². The second-order valence-corrected chi connectivity index (χ2v) is 5.11. The van der Waals surface area contributed by atoms with Crippen LogP contribution in [0.4, 0.5) is 0 Å². The van der Waals surface area contributed by atoms with Crippen LogP contribution in [0, 0.1) is 0 Å². The summed E-state index contributed by atoms with van der Waals surface area (Å²) in [4.78, 5) is 18.8. The molecule has 6 nitrogen and oxygen atoms in total. The minimum absolute atomic E-state index is 0.168. The molecule has 0 radical (unpaired) electrons. The summed E-state index contributed by atoms with van der Waals surface area (Å²) in [5.74, 6) is 0.797. The topological polar surface area (TPSA) is 60.9 Å². The molecular weight excluding hydrogens is 308 g/mol. The summed E-state index contributed by atoms with van der Waals surface area (Å²) in [6.07, 6.45) is 3.41. The van der Waals surface area contributed by atoms with Gasteiger partial charge in [0.2, 0.25) is 0 Å². The van der Waals surface area contributed by atoms with Crippen molar-refractivity contribution in [3.63, 3.8) is 0 Å². The molecule has 0 aliphatic rings. The third-order valence-corrected chi connectivity index (χ3v) is 3.62. The van der Waals surface area contributed by atoms with Gasteiger partial charge in [0.1, 0.15) is 17.1 Å². The van der Waals surface area contributed by atoms with Crippen LogP contribution in [-0.4, -0.2) is 50.3 Å². The smallest absolute Gasteiger partial charge is 0.261 e. The van der Waals surface area contributed by atoms with Crippen molar-refractivity contribution >= 4 is 5.91 Å². The van der Waals surface area contributed by atoms with E-state index < -0.39 is 0 Å². The molecule has 128 valence electrons. The molecule has 1 aromatic carbocycles. The van der Waals surface area contributed by atoms with Crippen molar-refractivity contribution in [1.82, 2.24) is 9.88 Å². The second-order valence-electron chi connectivity index (χ2n) is 5.11. The lowest BCUT2D eigenvalue weighted by Crippen LogP contribution is -2.34. The quantitative estimate of drug-likeness (QED) is 0.744. The maximum absolute atomic E-state index is 13.1. The summed E-state index contributed by atoms with van der Waals surface area (Å²) in [7, 11) is 4.68. The van der Waals surface area contributed by atoms with Crippen molar-refractivity contribution in [1.29, 1.82) is 0 Å². The SMILES string of the molecule is COCCN(Cc1ccncc1)C(=O)c1c(OC)cccc1OC. The summed E-state index contributed by atoms with van der Waals surface area (Å²) in [6.45, 7) is 1.35. The third kappa shape index (κ3) is 4.23. The van der Waals surface area contributed by atoms with Crippen LogP contribution >= 0.6 is 0 Å².